The van der Waals surface area contributed by atoms with Crippen molar-refractivity contribution < 1.29 is 0 Å². The van der Waals surface area contributed by atoms with Crippen molar-refractivity contribution >= 4 is 17.4 Å². The van der Waals surface area contributed by atoms with Crippen LogP contribution in [0, 0.1) is 6.92 Å². The average molecular weight is 283 g/mol. The summed E-state index contributed by atoms with van der Waals surface area (Å²) in [4.78, 5) is 13.7. The summed E-state index contributed by atoms with van der Waals surface area (Å²) in [6.45, 7) is 10.7. The van der Waals surface area contributed by atoms with Gasteiger partial charge in [-0.1, -0.05) is 6.92 Å². The number of halogens is 1. The van der Waals surface area contributed by atoms with E-state index in [0.29, 0.717) is 11.9 Å². The lowest BCUT2D eigenvalue weighted by Crippen LogP contribution is -2.50. The summed E-state index contributed by atoms with van der Waals surface area (Å²) in [5.74, 6) is 2.31. The van der Waals surface area contributed by atoms with Gasteiger partial charge in [0.25, 0.3) is 0 Å². The standard InChI is InChI=1S/C14H23ClN4/c1-4-11(2)18-5-7-19(8-6-18)14-13(9-15)10-16-12(3)17-14/h10-11H,4-9H2,1-3H3. The van der Waals surface area contributed by atoms with Crippen LogP contribution in [0.1, 0.15) is 31.7 Å². The van der Waals surface area contributed by atoms with Crippen molar-refractivity contribution in [3.63, 3.8) is 0 Å². The summed E-state index contributed by atoms with van der Waals surface area (Å²) in [6.07, 6.45) is 3.06. The third-order valence-electron chi connectivity index (χ3n) is 3.93. The molecule has 1 aromatic heterocycles. The number of hydrogen-bond donors (Lipinski definition) is 0. The smallest absolute Gasteiger partial charge is 0.136 e. The van der Waals surface area contributed by atoms with Gasteiger partial charge in [-0.2, -0.15) is 0 Å². The number of rotatable bonds is 4. The molecular weight excluding hydrogens is 260 g/mol. The lowest BCUT2D eigenvalue weighted by atomic mass is 10.2. The van der Waals surface area contributed by atoms with Gasteiger partial charge in [-0.25, -0.2) is 9.97 Å². The summed E-state index contributed by atoms with van der Waals surface area (Å²) >= 11 is 5.99. The van der Waals surface area contributed by atoms with E-state index < -0.39 is 0 Å². The first-order valence-corrected chi connectivity index (χ1v) is 7.56. The monoisotopic (exact) mass is 282 g/mol. The number of alkyl halides is 1. The molecule has 0 N–H and O–H groups in total. The highest BCUT2D eigenvalue weighted by atomic mass is 35.5. The van der Waals surface area contributed by atoms with Crippen LogP contribution in [0.15, 0.2) is 6.20 Å². The van der Waals surface area contributed by atoms with E-state index in [1.165, 1.54) is 6.42 Å². The maximum absolute atomic E-state index is 5.99. The second kappa shape index (κ2) is 6.53. The van der Waals surface area contributed by atoms with Crippen LogP contribution in [0.25, 0.3) is 0 Å². The number of aromatic nitrogens is 2. The summed E-state index contributed by atoms with van der Waals surface area (Å²) in [7, 11) is 0. The fourth-order valence-electron chi connectivity index (χ4n) is 2.48. The van der Waals surface area contributed by atoms with E-state index in [2.05, 4.69) is 33.6 Å². The Bertz CT molecular complexity index is 416. The van der Waals surface area contributed by atoms with Gasteiger partial charge in [-0.05, 0) is 20.3 Å². The van der Waals surface area contributed by atoms with Crippen molar-refractivity contribution in [2.75, 3.05) is 31.1 Å². The lowest BCUT2D eigenvalue weighted by Gasteiger charge is -2.38. The Kier molecular flexibility index (Phi) is 4.99. The largest absolute Gasteiger partial charge is 0.354 e. The van der Waals surface area contributed by atoms with Gasteiger partial charge < -0.3 is 4.90 Å². The Morgan fingerprint density at radius 3 is 2.58 bits per heavy atom. The Labute approximate surface area is 120 Å². The molecule has 0 aliphatic carbocycles. The quantitative estimate of drug-likeness (QED) is 0.794. The number of anilines is 1. The zero-order chi connectivity index (χ0) is 13.8. The van der Waals surface area contributed by atoms with E-state index in [0.717, 1.165) is 43.4 Å². The highest BCUT2D eigenvalue weighted by Crippen LogP contribution is 2.21. The average Bonchev–Trinajstić information content (AvgIpc) is 2.46. The van der Waals surface area contributed by atoms with Crippen LogP contribution in [0.3, 0.4) is 0 Å². The molecule has 0 radical (unpaired) electrons. The molecule has 0 amide bonds. The fourth-order valence-corrected chi connectivity index (χ4v) is 2.67. The minimum atomic E-state index is 0.473. The molecule has 1 aliphatic rings. The second-order valence-corrected chi connectivity index (χ2v) is 5.45. The van der Waals surface area contributed by atoms with E-state index in [4.69, 9.17) is 11.6 Å². The van der Waals surface area contributed by atoms with Crippen LogP contribution < -0.4 is 4.90 Å². The van der Waals surface area contributed by atoms with Gasteiger partial charge in [0.1, 0.15) is 11.6 Å². The van der Waals surface area contributed by atoms with E-state index in [9.17, 15) is 0 Å². The van der Waals surface area contributed by atoms with Crippen molar-refractivity contribution in [2.45, 2.75) is 39.1 Å². The topological polar surface area (TPSA) is 32.3 Å². The molecule has 0 bridgehead atoms. The van der Waals surface area contributed by atoms with E-state index >= 15 is 0 Å². The molecule has 1 aliphatic heterocycles. The molecular formula is C14H23ClN4. The first kappa shape index (κ1) is 14.5. The van der Waals surface area contributed by atoms with Crippen LogP contribution >= 0.6 is 11.6 Å². The number of piperazine rings is 1. The minimum Gasteiger partial charge on any atom is -0.354 e. The molecule has 0 aromatic carbocycles. The summed E-state index contributed by atoms with van der Waals surface area (Å²) < 4.78 is 0. The van der Waals surface area contributed by atoms with Gasteiger partial charge >= 0.3 is 0 Å². The molecule has 5 heteroatoms. The summed E-state index contributed by atoms with van der Waals surface area (Å²) in [5.41, 5.74) is 1.03. The zero-order valence-electron chi connectivity index (χ0n) is 12.1. The van der Waals surface area contributed by atoms with Gasteiger partial charge in [0.2, 0.25) is 0 Å². The molecule has 1 unspecified atom stereocenters. The molecule has 1 saturated heterocycles. The molecule has 4 nitrogen and oxygen atoms in total. The van der Waals surface area contributed by atoms with Gasteiger partial charge in [0.05, 0.1) is 5.88 Å². The molecule has 1 aromatic rings. The van der Waals surface area contributed by atoms with Gasteiger partial charge in [0.15, 0.2) is 0 Å². The SMILES string of the molecule is CCC(C)N1CCN(c2nc(C)ncc2CCl)CC1. The van der Waals surface area contributed by atoms with Gasteiger partial charge in [-0.3, -0.25) is 4.90 Å². The maximum atomic E-state index is 5.99. The third kappa shape index (κ3) is 3.37. The molecule has 106 valence electrons. The molecule has 2 heterocycles. The van der Waals surface area contributed by atoms with Crippen LogP contribution in [0.4, 0.5) is 5.82 Å². The highest BCUT2D eigenvalue weighted by Gasteiger charge is 2.22. The summed E-state index contributed by atoms with van der Waals surface area (Å²) in [5, 5.41) is 0. The Morgan fingerprint density at radius 2 is 2.00 bits per heavy atom. The number of hydrogen-bond acceptors (Lipinski definition) is 4. The first-order chi connectivity index (χ1) is 9.15. The van der Waals surface area contributed by atoms with Crippen molar-refractivity contribution in [3.8, 4) is 0 Å². The van der Waals surface area contributed by atoms with Crippen molar-refractivity contribution in [1.82, 2.24) is 14.9 Å². The van der Waals surface area contributed by atoms with Crippen molar-refractivity contribution in [3.05, 3.63) is 17.6 Å². The van der Waals surface area contributed by atoms with E-state index in [1.54, 1.807) is 0 Å². The third-order valence-corrected chi connectivity index (χ3v) is 4.22. The van der Waals surface area contributed by atoms with E-state index in [-0.39, 0.29) is 0 Å². The van der Waals surface area contributed by atoms with E-state index in [1.807, 2.05) is 13.1 Å². The lowest BCUT2D eigenvalue weighted by molar-refractivity contribution is 0.192. The van der Waals surface area contributed by atoms with Gasteiger partial charge in [0, 0.05) is 44.0 Å². The number of aryl methyl sites for hydroxylation is 1. The molecule has 1 atom stereocenters. The first-order valence-electron chi connectivity index (χ1n) is 7.03. The Morgan fingerprint density at radius 1 is 1.32 bits per heavy atom. The summed E-state index contributed by atoms with van der Waals surface area (Å²) in [6, 6.07) is 0.668. The zero-order valence-corrected chi connectivity index (χ0v) is 12.8. The number of nitrogens with zero attached hydrogens (tertiary/aromatic N) is 4. The van der Waals surface area contributed by atoms with Gasteiger partial charge in [-0.15, -0.1) is 11.6 Å². The molecule has 1 fully saturated rings. The molecule has 19 heavy (non-hydrogen) atoms. The van der Waals surface area contributed by atoms with Crippen molar-refractivity contribution in [1.29, 1.82) is 0 Å². The Hall–Kier alpha value is -0.870. The predicted octanol–water partition coefficient (Wildman–Crippen LogP) is 2.44. The minimum absolute atomic E-state index is 0.473. The van der Waals surface area contributed by atoms with Crippen molar-refractivity contribution in [2.24, 2.45) is 0 Å². The predicted molar refractivity (Wildman–Crippen MR) is 79.9 cm³/mol. The van der Waals surface area contributed by atoms with Crippen LogP contribution in [0.5, 0.6) is 0 Å². The van der Waals surface area contributed by atoms with Crippen LogP contribution in [-0.4, -0.2) is 47.1 Å². The molecule has 0 spiro atoms. The van der Waals surface area contributed by atoms with Crippen LogP contribution in [-0.2, 0) is 5.88 Å². The fraction of sp³-hybridized carbons (Fsp3) is 0.714. The highest BCUT2D eigenvalue weighted by molar-refractivity contribution is 6.17. The normalized spacial score (nSPS) is 18.6. The molecule has 0 saturated carbocycles. The second-order valence-electron chi connectivity index (χ2n) is 5.18. The van der Waals surface area contributed by atoms with Crippen LogP contribution in [0.2, 0.25) is 0 Å². The maximum Gasteiger partial charge on any atom is 0.136 e. The Balaban J connectivity index is 2.07. The molecule has 2 rings (SSSR count).